The number of aromatic nitrogens is 3. The van der Waals surface area contributed by atoms with E-state index in [0.29, 0.717) is 5.71 Å². The molecule has 2 N–H and O–H groups in total. The monoisotopic (exact) mass is 339 g/mol. The molecule has 3 aromatic rings. The van der Waals surface area contributed by atoms with Crippen molar-refractivity contribution in [2.75, 3.05) is 5.43 Å². The van der Waals surface area contributed by atoms with Crippen molar-refractivity contribution in [3.8, 4) is 0 Å². The van der Waals surface area contributed by atoms with Crippen molar-refractivity contribution in [3.63, 3.8) is 0 Å². The standard InChI is InChI=1S/C17H17N5O3/c1-10(11-7-5-4-6-8-11)19-20-12-9-18-15-13(14(12)23)16(24)22(3)17(25)21(15)2/h4-9,20H,1-3H3,(H,18,23)/b19-10+. The van der Waals surface area contributed by atoms with Gasteiger partial charge in [0.1, 0.15) is 16.7 Å². The van der Waals surface area contributed by atoms with Gasteiger partial charge >= 0.3 is 5.69 Å². The molecule has 25 heavy (non-hydrogen) atoms. The molecule has 0 aliphatic heterocycles. The van der Waals surface area contributed by atoms with Crippen LogP contribution in [0.25, 0.3) is 11.0 Å². The van der Waals surface area contributed by atoms with Crippen LogP contribution >= 0.6 is 0 Å². The van der Waals surface area contributed by atoms with E-state index in [1.165, 1.54) is 24.9 Å². The highest BCUT2D eigenvalue weighted by atomic mass is 16.2. The zero-order valence-corrected chi connectivity index (χ0v) is 14.0. The molecule has 0 atom stereocenters. The van der Waals surface area contributed by atoms with E-state index in [1.54, 1.807) is 6.92 Å². The number of aromatic amines is 1. The normalized spacial score (nSPS) is 11.7. The van der Waals surface area contributed by atoms with Crippen LogP contribution in [-0.4, -0.2) is 19.8 Å². The minimum Gasteiger partial charge on any atom is -0.345 e. The summed E-state index contributed by atoms with van der Waals surface area (Å²) in [7, 11) is 2.83. The van der Waals surface area contributed by atoms with Crippen molar-refractivity contribution in [3.05, 3.63) is 73.2 Å². The van der Waals surface area contributed by atoms with Gasteiger partial charge in [-0.2, -0.15) is 5.10 Å². The van der Waals surface area contributed by atoms with E-state index in [4.69, 9.17) is 0 Å². The molecule has 8 heteroatoms. The maximum atomic E-state index is 12.6. The van der Waals surface area contributed by atoms with Gasteiger partial charge in [0.15, 0.2) is 0 Å². The van der Waals surface area contributed by atoms with Gasteiger partial charge in [-0.25, -0.2) is 4.79 Å². The number of rotatable bonds is 3. The number of hydrogen-bond acceptors (Lipinski definition) is 5. The largest absolute Gasteiger partial charge is 0.345 e. The molecule has 1 aromatic carbocycles. The molecule has 2 aromatic heterocycles. The maximum absolute atomic E-state index is 12.6. The summed E-state index contributed by atoms with van der Waals surface area (Å²) < 4.78 is 2.13. The van der Waals surface area contributed by atoms with E-state index in [1.807, 2.05) is 30.3 Å². The lowest BCUT2D eigenvalue weighted by Crippen LogP contribution is -2.39. The zero-order chi connectivity index (χ0) is 18.1. The Hall–Kier alpha value is -3.42. The fourth-order valence-corrected chi connectivity index (χ4v) is 2.53. The number of nitrogens with one attached hydrogen (secondary N) is 2. The third-order valence-electron chi connectivity index (χ3n) is 4.03. The summed E-state index contributed by atoms with van der Waals surface area (Å²) in [6.07, 6.45) is 1.39. The van der Waals surface area contributed by atoms with Crippen molar-refractivity contribution in [2.45, 2.75) is 6.92 Å². The molecule has 0 unspecified atom stereocenters. The van der Waals surface area contributed by atoms with Gasteiger partial charge in [0.2, 0.25) is 5.43 Å². The molecule has 3 rings (SSSR count). The lowest BCUT2D eigenvalue weighted by atomic mass is 10.1. The lowest BCUT2D eigenvalue weighted by molar-refractivity contribution is 0.707. The molecule has 128 valence electrons. The number of hydrazone groups is 1. The second kappa shape index (κ2) is 6.23. The number of anilines is 1. The first-order valence-corrected chi connectivity index (χ1v) is 7.59. The number of aryl methyl sites for hydroxylation is 1. The Labute approximate surface area is 142 Å². The molecule has 0 aliphatic carbocycles. The summed E-state index contributed by atoms with van der Waals surface area (Å²) in [6.45, 7) is 1.81. The van der Waals surface area contributed by atoms with Crippen LogP contribution in [0, 0.1) is 0 Å². The molecule has 0 fully saturated rings. The molecule has 0 spiro atoms. The van der Waals surface area contributed by atoms with Crippen molar-refractivity contribution in [2.24, 2.45) is 19.2 Å². The van der Waals surface area contributed by atoms with Crippen molar-refractivity contribution < 1.29 is 0 Å². The van der Waals surface area contributed by atoms with Crippen LogP contribution in [-0.2, 0) is 14.1 Å². The minimum absolute atomic E-state index is 0.0952. The van der Waals surface area contributed by atoms with Crippen LogP contribution in [0.2, 0.25) is 0 Å². The Morgan fingerprint density at radius 2 is 1.76 bits per heavy atom. The third-order valence-corrected chi connectivity index (χ3v) is 4.03. The molecule has 0 amide bonds. The number of fused-ring (bicyclic) bond motifs is 1. The third kappa shape index (κ3) is 2.78. The van der Waals surface area contributed by atoms with Gasteiger partial charge in [0, 0.05) is 20.3 Å². The van der Waals surface area contributed by atoms with Crippen LogP contribution in [0.5, 0.6) is 0 Å². The SMILES string of the molecule is C/C(=N\Nc1c[nH]c2c(c1=O)c(=O)n(C)c(=O)n2C)c1ccccc1. The quantitative estimate of drug-likeness (QED) is 0.543. The maximum Gasteiger partial charge on any atom is 0.332 e. The lowest BCUT2D eigenvalue weighted by Gasteiger charge is -2.08. The molecular formula is C17H17N5O3. The molecule has 0 bridgehead atoms. The molecule has 0 saturated carbocycles. The molecule has 0 aliphatic rings. The highest BCUT2D eigenvalue weighted by molar-refractivity contribution is 5.99. The first kappa shape index (κ1) is 16.4. The van der Waals surface area contributed by atoms with E-state index < -0.39 is 16.7 Å². The molecular weight excluding hydrogens is 322 g/mol. The number of benzene rings is 1. The highest BCUT2D eigenvalue weighted by Gasteiger charge is 2.14. The summed E-state index contributed by atoms with van der Waals surface area (Å²) >= 11 is 0. The highest BCUT2D eigenvalue weighted by Crippen LogP contribution is 2.06. The Bertz CT molecular complexity index is 1150. The predicted molar refractivity (Wildman–Crippen MR) is 97.3 cm³/mol. The molecule has 0 radical (unpaired) electrons. The Kier molecular flexibility index (Phi) is 4.10. The van der Waals surface area contributed by atoms with Gasteiger partial charge in [0.05, 0.1) is 5.71 Å². The van der Waals surface area contributed by atoms with Crippen LogP contribution in [0.3, 0.4) is 0 Å². The van der Waals surface area contributed by atoms with E-state index >= 15 is 0 Å². The average Bonchev–Trinajstić information content (AvgIpc) is 2.63. The van der Waals surface area contributed by atoms with Gasteiger partial charge in [-0.15, -0.1) is 0 Å². The van der Waals surface area contributed by atoms with Crippen LogP contribution in [0.4, 0.5) is 5.69 Å². The van der Waals surface area contributed by atoms with E-state index in [2.05, 4.69) is 15.5 Å². The topological polar surface area (TPSA) is 101 Å². The zero-order valence-electron chi connectivity index (χ0n) is 14.0. The van der Waals surface area contributed by atoms with Crippen LogP contribution in [0.1, 0.15) is 12.5 Å². The number of nitrogens with zero attached hydrogens (tertiary/aromatic N) is 3. The molecule has 8 nitrogen and oxygen atoms in total. The Balaban J connectivity index is 2.11. The van der Waals surface area contributed by atoms with Crippen LogP contribution in [0.15, 0.2) is 56.0 Å². The molecule has 0 saturated heterocycles. The Morgan fingerprint density at radius 3 is 2.44 bits per heavy atom. The van der Waals surface area contributed by atoms with E-state index in [9.17, 15) is 14.4 Å². The first-order chi connectivity index (χ1) is 11.9. The fourth-order valence-electron chi connectivity index (χ4n) is 2.53. The van der Waals surface area contributed by atoms with Crippen molar-refractivity contribution in [1.82, 2.24) is 14.1 Å². The summed E-state index contributed by atoms with van der Waals surface area (Å²) in [4.78, 5) is 39.7. The van der Waals surface area contributed by atoms with Gasteiger partial charge in [0.25, 0.3) is 5.56 Å². The summed E-state index contributed by atoms with van der Waals surface area (Å²) in [5.74, 6) is 0. The smallest absolute Gasteiger partial charge is 0.332 e. The second-order valence-corrected chi connectivity index (χ2v) is 5.64. The average molecular weight is 339 g/mol. The second-order valence-electron chi connectivity index (χ2n) is 5.64. The summed E-state index contributed by atoms with van der Waals surface area (Å²) in [6, 6.07) is 9.48. The predicted octanol–water partition coefficient (Wildman–Crippen LogP) is 0.762. The van der Waals surface area contributed by atoms with Crippen molar-refractivity contribution in [1.29, 1.82) is 0 Å². The van der Waals surface area contributed by atoms with Gasteiger partial charge in [-0.05, 0) is 12.5 Å². The summed E-state index contributed by atoms with van der Waals surface area (Å²) in [5.41, 5.74) is 2.91. The number of hydrogen-bond donors (Lipinski definition) is 2. The summed E-state index contributed by atoms with van der Waals surface area (Å²) in [5, 5.41) is 4.10. The van der Waals surface area contributed by atoms with Gasteiger partial charge in [-0.3, -0.25) is 24.1 Å². The van der Waals surface area contributed by atoms with E-state index in [0.717, 1.165) is 10.1 Å². The fraction of sp³-hybridized carbons (Fsp3) is 0.176. The Morgan fingerprint density at radius 1 is 1.08 bits per heavy atom. The van der Waals surface area contributed by atoms with Crippen molar-refractivity contribution >= 4 is 22.4 Å². The minimum atomic E-state index is -0.647. The van der Waals surface area contributed by atoms with E-state index in [-0.39, 0.29) is 16.7 Å². The first-order valence-electron chi connectivity index (χ1n) is 7.59. The number of H-pyrrole nitrogens is 1. The van der Waals surface area contributed by atoms with Crippen LogP contribution < -0.4 is 22.1 Å². The van der Waals surface area contributed by atoms with Gasteiger partial charge in [-0.1, -0.05) is 30.3 Å². The number of pyridine rings is 1. The molecule has 2 heterocycles. The van der Waals surface area contributed by atoms with Gasteiger partial charge < -0.3 is 4.98 Å².